The average Bonchev–Trinajstić information content (AvgIpc) is 2.88. The van der Waals surface area contributed by atoms with Gasteiger partial charge in [0.1, 0.15) is 0 Å². The summed E-state index contributed by atoms with van der Waals surface area (Å²) >= 11 is 0. The van der Waals surface area contributed by atoms with Crippen molar-refractivity contribution in [1.82, 2.24) is 0 Å². The topological polar surface area (TPSA) is 35.5 Å². The first kappa shape index (κ1) is 11.8. The Morgan fingerprint density at radius 1 is 1.05 bits per heavy atom. The van der Waals surface area contributed by atoms with Gasteiger partial charge in [-0.05, 0) is 30.7 Å². The number of Topliss-reactive ketones (excluding diaryl/α,β-unsaturated/α-hetero) is 1. The second kappa shape index (κ2) is 4.76. The molecule has 0 aromatic heterocycles. The Morgan fingerprint density at radius 3 is 2.58 bits per heavy atom. The SMILES string of the molecule is Cc1ccc(CC(=O)c2ccc3c(c2)OCO3)cc1. The lowest BCUT2D eigenvalue weighted by Crippen LogP contribution is -2.03. The van der Waals surface area contributed by atoms with E-state index in [2.05, 4.69) is 0 Å². The van der Waals surface area contributed by atoms with E-state index in [0.717, 1.165) is 5.56 Å². The van der Waals surface area contributed by atoms with E-state index in [1.165, 1.54) is 5.56 Å². The summed E-state index contributed by atoms with van der Waals surface area (Å²) in [7, 11) is 0. The number of carbonyl (C=O) groups is 1. The van der Waals surface area contributed by atoms with Gasteiger partial charge in [-0.2, -0.15) is 0 Å². The molecule has 0 bridgehead atoms. The van der Waals surface area contributed by atoms with E-state index in [-0.39, 0.29) is 12.6 Å². The van der Waals surface area contributed by atoms with Gasteiger partial charge in [-0.1, -0.05) is 29.8 Å². The van der Waals surface area contributed by atoms with Gasteiger partial charge in [-0.15, -0.1) is 0 Å². The number of aryl methyl sites for hydroxylation is 1. The largest absolute Gasteiger partial charge is 0.454 e. The van der Waals surface area contributed by atoms with Gasteiger partial charge < -0.3 is 9.47 Å². The molecular weight excluding hydrogens is 240 g/mol. The minimum absolute atomic E-state index is 0.0853. The first-order valence-corrected chi connectivity index (χ1v) is 6.21. The Bertz CT molecular complexity index is 614. The molecule has 2 aromatic carbocycles. The van der Waals surface area contributed by atoms with Gasteiger partial charge in [0.15, 0.2) is 17.3 Å². The fourth-order valence-corrected chi connectivity index (χ4v) is 2.06. The zero-order chi connectivity index (χ0) is 13.2. The Morgan fingerprint density at radius 2 is 1.79 bits per heavy atom. The molecule has 1 aliphatic heterocycles. The summed E-state index contributed by atoms with van der Waals surface area (Å²) in [5.41, 5.74) is 2.87. The molecule has 0 amide bonds. The number of ether oxygens (including phenoxy) is 2. The van der Waals surface area contributed by atoms with Crippen molar-refractivity contribution in [3.05, 3.63) is 59.2 Å². The summed E-state index contributed by atoms with van der Waals surface area (Å²) < 4.78 is 10.5. The van der Waals surface area contributed by atoms with Crippen LogP contribution in [0.15, 0.2) is 42.5 Å². The molecular formula is C16H14O3. The maximum atomic E-state index is 12.2. The fourth-order valence-electron chi connectivity index (χ4n) is 2.06. The lowest BCUT2D eigenvalue weighted by Gasteiger charge is -2.03. The zero-order valence-electron chi connectivity index (χ0n) is 10.7. The molecule has 96 valence electrons. The number of hydrogen-bond acceptors (Lipinski definition) is 3. The molecule has 0 radical (unpaired) electrons. The van der Waals surface area contributed by atoms with Gasteiger partial charge >= 0.3 is 0 Å². The van der Waals surface area contributed by atoms with Gasteiger partial charge in [-0.3, -0.25) is 4.79 Å². The minimum atomic E-state index is 0.0853. The van der Waals surface area contributed by atoms with Crippen molar-refractivity contribution in [2.75, 3.05) is 6.79 Å². The van der Waals surface area contributed by atoms with Crippen molar-refractivity contribution in [3.63, 3.8) is 0 Å². The van der Waals surface area contributed by atoms with E-state index in [0.29, 0.717) is 23.5 Å². The molecule has 0 aliphatic carbocycles. The molecule has 1 aliphatic rings. The first-order chi connectivity index (χ1) is 9.22. The van der Waals surface area contributed by atoms with Crippen LogP contribution < -0.4 is 9.47 Å². The Labute approximate surface area is 111 Å². The molecule has 0 atom stereocenters. The smallest absolute Gasteiger partial charge is 0.231 e. The quantitative estimate of drug-likeness (QED) is 0.789. The molecule has 0 fully saturated rings. The van der Waals surface area contributed by atoms with Crippen molar-refractivity contribution in [1.29, 1.82) is 0 Å². The number of hydrogen-bond donors (Lipinski definition) is 0. The number of rotatable bonds is 3. The molecule has 0 saturated carbocycles. The van der Waals surface area contributed by atoms with Crippen LogP contribution in [0.2, 0.25) is 0 Å². The molecule has 0 unspecified atom stereocenters. The maximum Gasteiger partial charge on any atom is 0.231 e. The average molecular weight is 254 g/mol. The van der Waals surface area contributed by atoms with Crippen LogP contribution in [0.25, 0.3) is 0 Å². The highest BCUT2D eigenvalue weighted by Gasteiger charge is 2.16. The van der Waals surface area contributed by atoms with Gasteiger partial charge in [0, 0.05) is 12.0 Å². The Hall–Kier alpha value is -2.29. The monoisotopic (exact) mass is 254 g/mol. The summed E-state index contributed by atoms with van der Waals surface area (Å²) in [5.74, 6) is 1.43. The van der Waals surface area contributed by atoms with E-state index in [9.17, 15) is 4.79 Å². The van der Waals surface area contributed by atoms with Crippen molar-refractivity contribution in [2.24, 2.45) is 0 Å². The van der Waals surface area contributed by atoms with Gasteiger partial charge in [0.2, 0.25) is 6.79 Å². The number of benzene rings is 2. The fraction of sp³-hybridized carbons (Fsp3) is 0.188. The van der Waals surface area contributed by atoms with E-state index < -0.39 is 0 Å². The molecule has 3 heteroatoms. The highest BCUT2D eigenvalue weighted by atomic mass is 16.7. The van der Waals surface area contributed by atoms with Gasteiger partial charge in [-0.25, -0.2) is 0 Å². The van der Waals surface area contributed by atoms with Crippen LogP contribution in [0, 0.1) is 6.92 Å². The van der Waals surface area contributed by atoms with E-state index >= 15 is 0 Å². The third-order valence-electron chi connectivity index (χ3n) is 3.18. The first-order valence-electron chi connectivity index (χ1n) is 6.21. The number of carbonyl (C=O) groups excluding carboxylic acids is 1. The van der Waals surface area contributed by atoms with Crippen LogP contribution >= 0.6 is 0 Å². The lowest BCUT2D eigenvalue weighted by molar-refractivity contribution is 0.0992. The van der Waals surface area contributed by atoms with E-state index in [1.807, 2.05) is 31.2 Å². The molecule has 0 spiro atoms. The standard InChI is InChI=1S/C16H14O3/c1-11-2-4-12(5-3-11)8-14(17)13-6-7-15-16(9-13)19-10-18-15/h2-7,9H,8,10H2,1H3. The summed E-state index contributed by atoms with van der Waals surface area (Å²) in [6.07, 6.45) is 0.403. The summed E-state index contributed by atoms with van der Waals surface area (Å²) in [6, 6.07) is 13.3. The number of fused-ring (bicyclic) bond motifs is 1. The van der Waals surface area contributed by atoms with Crippen LogP contribution in [0.4, 0.5) is 0 Å². The molecule has 0 N–H and O–H groups in total. The van der Waals surface area contributed by atoms with E-state index in [1.54, 1.807) is 18.2 Å². The van der Waals surface area contributed by atoms with Crippen LogP contribution in [0.3, 0.4) is 0 Å². The normalized spacial score (nSPS) is 12.5. The molecule has 1 heterocycles. The number of ketones is 1. The molecule has 3 rings (SSSR count). The molecule has 19 heavy (non-hydrogen) atoms. The van der Waals surface area contributed by atoms with E-state index in [4.69, 9.17) is 9.47 Å². The van der Waals surface area contributed by atoms with Gasteiger partial charge in [0.25, 0.3) is 0 Å². The highest BCUT2D eigenvalue weighted by molar-refractivity contribution is 5.98. The third kappa shape index (κ3) is 2.45. The predicted octanol–water partition coefficient (Wildman–Crippen LogP) is 3.15. The second-order valence-corrected chi connectivity index (χ2v) is 4.65. The Balaban J connectivity index is 1.78. The second-order valence-electron chi connectivity index (χ2n) is 4.65. The molecule has 3 nitrogen and oxygen atoms in total. The summed E-state index contributed by atoms with van der Waals surface area (Å²) in [6.45, 7) is 2.26. The predicted molar refractivity (Wildman–Crippen MR) is 71.8 cm³/mol. The third-order valence-corrected chi connectivity index (χ3v) is 3.18. The molecule has 0 saturated heterocycles. The molecule has 2 aromatic rings. The van der Waals surface area contributed by atoms with Crippen LogP contribution in [0.1, 0.15) is 21.5 Å². The Kier molecular flexibility index (Phi) is 2.95. The highest BCUT2D eigenvalue weighted by Crippen LogP contribution is 2.32. The summed E-state index contributed by atoms with van der Waals surface area (Å²) in [4.78, 5) is 12.2. The van der Waals surface area contributed by atoms with Crippen LogP contribution in [0.5, 0.6) is 11.5 Å². The van der Waals surface area contributed by atoms with Crippen molar-refractivity contribution < 1.29 is 14.3 Å². The van der Waals surface area contributed by atoms with Crippen molar-refractivity contribution in [3.8, 4) is 11.5 Å². The minimum Gasteiger partial charge on any atom is -0.454 e. The lowest BCUT2D eigenvalue weighted by atomic mass is 10.0. The maximum absolute atomic E-state index is 12.2. The van der Waals surface area contributed by atoms with Crippen LogP contribution in [-0.4, -0.2) is 12.6 Å². The van der Waals surface area contributed by atoms with Gasteiger partial charge in [0.05, 0.1) is 0 Å². The van der Waals surface area contributed by atoms with Crippen molar-refractivity contribution >= 4 is 5.78 Å². The van der Waals surface area contributed by atoms with Crippen LogP contribution in [-0.2, 0) is 6.42 Å². The zero-order valence-corrected chi connectivity index (χ0v) is 10.7. The van der Waals surface area contributed by atoms with Crippen molar-refractivity contribution in [2.45, 2.75) is 13.3 Å². The summed E-state index contributed by atoms with van der Waals surface area (Å²) in [5, 5.41) is 0.